The Morgan fingerprint density at radius 2 is 2.27 bits per heavy atom. The molecule has 2 heteroatoms. The molecule has 1 aliphatic heterocycles. The maximum Gasteiger partial charge on any atom is 0.221 e. The maximum absolute atomic E-state index is 10.4. The van der Waals surface area contributed by atoms with E-state index in [1.54, 1.807) is 0 Å². The van der Waals surface area contributed by atoms with Gasteiger partial charge in [0.05, 0.1) is 0 Å². The van der Waals surface area contributed by atoms with Gasteiger partial charge in [-0.1, -0.05) is 24.3 Å². The Labute approximate surface area is 65.2 Å². The van der Waals surface area contributed by atoms with Gasteiger partial charge in [-0.05, 0) is 11.1 Å². The van der Waals surface area contributed by atoms with E-state index < -0.39 is 0 Å². The first kappa shape index (κ1) is 6.55. The summed E-state index contributed by atoms with van der Waals surface area (Å²) < 4.78 is 0. The third-order valence-electron chi connectivity index (χ3n) is 1.98. The summed E-state index contributed by atoms with van der Waals surface area (Å²) in [5, 5.41) is 3.05. The number of hydrogen-bond acceptors (Lipinski definition) is 2. The van der Waals surface area contributed by atoms with Gasteiger partial charge in [0.1, 0.15) is 6.04 Å². The molecule has 1 N–H and O–H groups in total. The van der Waals surface area contributed by atoms with Gasteiger partial charge < -0.3 is 0 Å². The lowest BCUT2D eigenvalue weighted by Crippen LogP contribution is -2.12. The lowest BCUT2D eigenvalue weighted by Gasteiger charge is -1.99. The molecule has 0 aliphatic carbocycles. The van der Waals surface area contributed by atoms with Crippen molar-refractivity contribution in [1.29, 1.82) is 0 Å². The molecule has 1 radical (unpaired) electrons. The van der Waals surface area contributed by atoms with Crippen LogP contribution in [0.15, 0.2) is 24.3 Å². The van der Waals surface area contributed by atoms with Crippen molar-refractivity contribution in [3.8, 4) is 0 Å². The average Bonchev–Trinajstić information content (AvgIpc) is 2.47. The van der Waals surface area contributed by atoms with Gasteiger partial charge in [-0.3, -0.25) is 10.1 Å². The summed E-state index contributed by atoms with van der Waals surface area (Å²) in [7, 11) is 0. The van der Waals surface area contributed by atoms with Crippen LogP contribution in [-0.4, -0.2) is 6.29 Å². The Kier molecular flexibility index (Phi) is 1.47. The second-order valence-corrected chi connectivity index (χ2v) is 2.63. The van der Waals surface area contributed by atoms with Crippen molar-refractivity contribution in [2.24, 2.45) is 0 Å². The van der Waals surface area contributed by atoms with Crippen LogP contribution in [-0.2, 0) is 11.3 Å². The van der Waals surface area contributed by atoms with Gasteiger partial charge in [0.25, 0.3) is 0 Å². The minimum absolute atomic E-state index is 0.203. The van der Waals surface area contributed by atoms with Crippen molar-refractivity contribution in [2.45, 2.75) is 12.6 Å². The van der Waals surface area contributed by atoms with Crippen LogP contribution in [0.4, 0.5) is 0 Å². The van der Waals surface area contributed by atoms with Crippen LogP contribution >= 0.6 is 0 Å². The molecule has 0 spiro atoms. The van der Waals surface area contributed by atoms with E-state index in [0.29, 0.717) is 0 Å². The normalized spacial score (nSPS) is 21.3. The van der Waals surface area contributed by atoms with Crippen LogP contribution in [0.5, 0.6) is 0 Å². The molecule has 2 rings (SSSR count). The van der Waals surface area contributed by atoms with Crippen LogP contribution < -0.4 is 5.32 Å². The van der Waals surface area contributed by atoms with E-state index in [9.17, 15) is 4.79 Å². The fraction of sp³-hybridized carbons (Fsp3) is 0.222. The van der Waals surface area contributed by atoms with E-state index in [-0.39, 0.29) is 6.04 Å². The van der Waals surface area contributed by atoms with Gasteiger partial charge >= 0.3 is 0 Å². The Balaban J connectivity index is 2.46. The van der Waals surface area contributed by atoms with Crippen LogP contribution in [0.2, 0.25) is 0 Å². The predicted octanol–water partition coefficient (Wildman–Crippen LogP) is 0.941. The fourth-order valence-electron chi connectivity index (χ4n) is 1.40. The zero-order chi connectivity index (χ0) is 7.68. The number of hydrogen-bond donors (Lipinski definition) is 1. The summed E-state index contributed by atoms with van der Waals surface area (Å²) in [5.74, 6) is 0. The van der Waals surface area contributed by atoms with Crippen molar-refractivity contribution >= 4 is 6.29 Å². The van der Waals surface area contributed by atoms with E-state index in [1.165, 1.54) is 5.56 Å². The first-order valence-electron chi connectivity index (χ1n) is 3.60. The molecule has 0 saturated heterocycles. The SMILES string of the molecule is O=[C]C1NCc2ccccc21. The van der Waals surface area contributed by atoms with Crippen molar-refractivity contribution < 1.29 is 4.79 Å². The number of rotatable bonds is 1. The molecule has 1 unspecified atom stereocenters. The molecule has 0 bridgehead atoms. The summed E-state index contributed by atoms with van der Waals surface area (Å²) in [6, 6.07) is 7.71. The van der Waals surface area contributed by atoms with E-state index in [4.69, 9.17) is 0 Å². The molecular formula is C9H8NO. The number of nitrogens with one attached hydrogen (secondary N) is 1. The van der Waals surface area contributed by atoms with Crippen LogP contribution in [0, 0.1) is 0 Å². The highest BCUT2D eigenvalue weighted by atomic mass is 16.1. The molecule has 1 heterocycles. The summed E-state index contributed by atoms with van der Waals surface area (Å²) in [6.07, 6.45) is 1.96. The van der Waals surface area contributed by atoms with Gasteiger partial charge in [-0.2, -0.15) is 0 Å². The van der Waals surface area contributed by atoms with Crippen molar-refractivity contribution in [1.82, 2.24) is 5.32 Å². The fourth-order valence-corrected chi connectivity index (χ4v) is 1.40. The number of benzene rings is 1. The van der Waals surface area contributed by atoms with Gasteiger partial charge in [0.15, 0.2) is 0 Å². The molecule has 1 aliphatic rings. The third kappa shape index (κ3) is 0.955. The zero-order valence-electron chi connectivity index (χ0n) is 6.00. The highest BCUT2D eigenvalue weighted by Gasteiger charge is 2.20. The highest BCUT2D eigenvalue weighted by molar-refractivity contribution is 5.64. The number of fused-ring (bicyclic) bond motifs is 1. The highest BCUT2D eigenvalue weighted by Crippen LogP contribution is 2.22. The second-order valence-electron chi connectivity index (χ2n) is 2.63. The van der Waals surface area contributed by atoms with Gasteiger partial charge in [0, 0.05) is 6.54 Å². The average molecular weight is 146 g/mol. The Morgan fingerprint density at radius 1 is 1.45 bits per heavy atom. The topological polar surface area (TPSA) is 29.1 Å². The second kappa shape index (κ2) is 2.47. The van der Waals surface area contributed by atoms with Crippen molar-refractivity contribution in [3.05, 3.63) is 35.4 Å². The Morgan fingerprint density at radius 3 is 3.09 bits per heavy atom. The molecule has 1 aromatic carbocycles. The lowest BCUT2D eigenvalue weighted by atomic mass is 10.1. The molecule has 0 fully saturated rings. The van der Waals surface area contributed by atoms with Gasteiger partial charge in [-0.15, -0.1) is 0 Å². The van der Waals surface area contributed by atoms with Crippen molar-refractivity contribution in [2.75, 3.05) is 0 Å². The summed E-state index contributed by atoms with van der Waals surface area (Å²) in [4.78, 5) is 10.4. The standard InChI is InChI=1S/C9H8NO/c11-6-9-8-4-2-1-3-7(8)5-10-9/h1-4,9-10H,5H2. The molecule has 0 aromatic heterocycles. The van der Waals surface area contributed by atoms with Crippen molar-refractivity contribution in [3.63, 3.8) is 0 Å². The zero-order valence-corrected chi connectivity index (χ0v) is 6.00. The minimum Gasteiger partial charge on any atom is -0.299 e. The molecule has 0 saturated carbocycles. The first-order chi connectivity index (χ1) is 5.42. The minimum atomic E-state index is -0.203. The third-order valence-corrected chi connectivity index (χ3v) is 1.98. The van der Waals surface area contributed by atoms with Crippen LogP contribution in [0.25, 0.3) is 0 Å². The molecule has 1 atom stereocenters. The first-order valence-corrected chi connectivity index (χ1v) is 3.60. The van der Waals surface area contributed by atoms with E-state index in [0.717, 1.165) is 12.1 Å². The predicted molar refractivity (Wildman–Crippen MR) is 41.7 cm³/mol. The molecule has 55 valence electrons. The molecule has 0 amide bonds. The van der Waals surface area contributed by atoms with Crippen LogP contribution in [0.1, 0.15) is 17.2 Å². The van der Waals surface area contributed by atoms with Crippen LogP contribution in [0.3, 0.4) is 0 Å². The monoisotopic (exact) mass is 146 g/mol. The molecular weight excluding hydrogens is 138 g/mol. The molecule has 2 nitrogen and oxygen atoms in total. The lowest BCUT2D eigenvalue weighted by molar-refractivity contribution is 0.531. The molecule has 1 aromatic rings. The maximum atomic E-state index is 10.4. The summed E-state index contributed by atoms with van der Waals surface area (Å²) >= 11 is 0. The Hall–Kier alpha value is -1.15. The summed E-state index contributed by atoms with van der Waals surface area (Å²) in [6.45, 7) is 0.788. The largest absolute Gasteiger partial charge is 0.299 e. The quantitative estimate of drug-likeness (QED) is 0.638. The molecule has 11 heavy (non-hydrogen) atoms. The number of carbonyl (C=O) groups excluding carboxylic acids is 1. The Bertz CT molecular complexity index is 283. The van der Waals surface area contributed by atoms with Gasteiger partial charge in [-0.25, -0.2) is 0 Å². The smallest absolute Gasteiger partial charge is 0.221 e. The van der Waals surface area contributed by atoms with E-state index in [1.807, 2.05) is 30.6 Å². The van der Waals surface area contributed by atoms with Gasteiger partial charge in [0.2, 0.25) is 6.29 Å². The van der Waals surface area contributed by atoms with E-state index >= 15 is 0 Å². The summed E-state index contributed by atoms with van der Waals surface area (Å²) in [5.41, 5.74) is 2.28. The van der Waals surface area contributed by atoms with E-state index in [2.05, 4.69) is 5.32 Å².